The molecule has 96 valence electrons. The van der Waals surface area contributed by atoms with Gasteiger partial charge in [0.1, 0.15) is 11.9 Å². The number of hydrogen-bond acceptors (Lipinski definition) is 2. The van der Waals surface area contributed by atoms with E-state index in [-0.39, 0.29) is 6.61 Å². The third kappa shape index (κ3) is 2.10. The molecule has 2 aliphatic rings. The van der Waals surface area contributed by atoms with E-state index < -0.39 is 0 Å². The standard InChI is InChI=1S/C15H17BrO2/c16-11-8-10(4-1-2-7-17)15-13(9-11)12-5-3-6-14(12)18-15/h3,5,8-9,12,14,17H,1-2,4,6-7H2. The van der Waals surface area contributed by atoms with Crippen LogP contribution in [0, 0.1) is 0 Å². The first-order valence-corrected chi connectivity index (χ1v) is 7.35. The number of benzene rings is 1. The molecule has 2 atom stereocenters. The van der Waals surface area contributed by atoms with Crippen molar-refractivity contribution in [1.82, 2.24) is 0 Å². The van der Waals surface area contributed by atoms with Gasteiger partial charge in [0.2, 0.25) is 0 Å². The Morgan fingerprint density at radius 3 is 3.06 bits per heavy atom. The second-order valence-electron chi connectivity index (χ2n) is 5.01. The van der Waals surface area contributed by atoms with Gasteiger partial charge in [0.15, 0.2) is 0 Å². The smallest absolute Gasteiger partial charge is 0.126 e. The molecule has 0 bridgehead atoms. The minimum Gasteiger partial charge on any atom is -0.489 e. The van der Waals surface area contributed by atoms with Crippen LogP contribution in [-0.4, -0.2) is 17.8 Å². The number of unbranched alkanes of at least 4 members (excludes halogenated alkanes) is 1. The number of ether oxygens (including phenoxy) is 1. The molecule has 1 N–H and O–H groups in total. The minimum atomic E-state index is 0.269. The molecular formula is C15H17BrO2. The second-order valence-corrected chi connectivity index (χ2v) is 5.93. The van der Waals surface area contributed by atoms with Gasteiger partial charge >= 0.3 is 0 Å². The molecule has 1 aromatic carbocycles. The Morgan fingerprint density at radius 2 is 2.22 bits per heavy atom. The maximum absolute atomic E-state index is 8.87. The number of halogens is 1. The van der Waals surface area contributed by atoms with Gasteiger partial charge in [-0.3, -0.25) is 0 Å². The lowest BCUT2D eigenvalue weighted by Crippen LogP contribution is -2.11. The van der Waals surface area contributed by atoms with Gasteiger partial charge in [0.25, 0.3) is 0 Å². The lowest BCUT2D eigenvalue weighted by molar-refractivity contribution is 0.230. The molecule has 1 aromatic rings. The van der Waals surface area contributed by atoms with Gasteiger partial charge in [0, 0.05) is 29.0 Å². The highest BCUT2D eigenvalue weighted by Gasteiger charge is 2.36. The molecule has 0 radical (unpaired) electrons. The van der Waals surface area contributed by atoms with E-state index in [9.17, 15) is 0 Å². The van der Waals surface area contributed by atoms with Crippen LogP contribution in [0.25, 0.3) is 0 Å². The summed E-state index contributed by atoms with van der Waals surface area (Å²) >= 11 is 3.59. The SMILES string of the molecule is OCCCCc1cc(Br)cc2c1OC1CC=CC21. The molecular weight excluding hydrogens is 292 g/mol. The highest BCUT2D eigenvalue weighted by molar-refractivity contribution is 9.10. The lowest BCUT2D eigenvalue weighted by atomic mass is 9.95. The summed E-state index contributed by atoms with van der Waals surface area (Å²) < 4.78 is 7.23. The van der Waals surface area contributed by atoms with Crippen molar-refractivity contribution in [3.8, 4) is 5.75 Å². The molecule has 3 heteroatoms. The van der Waals surface area contributed by atoms with E-state index >= 15 is 0 Å². The van der Waals surface area contributed by atoms with Crippen LogP contribution in [0.15, 0.2) is 28.8 Å². The predicted octanol–water partition coefficient (Wildman–Crippen LogP) is 3.57. The fourth-order valence-corrected chi connectivity index (χ4v) is 3.41. The van der Waals surface area contributed by atoms with E-state index in [4.69, 9.17) is 9.84 Å². The van der Waals surface area contributed by atoms with Gasteiger partial charge in [-0.05, 0) is 37.0 Å². The van der Waals surface area contributed by atoms with Crippen molar-refractivity contribution in [2.24, 2.45) is 0 Å². The highest BCUT2D eigenvalue weighted by Crippen LogP contribution is 2.46. The van der Waals surface area contributed by atoms with E-state index in [0.717, 1.165) is 35.9 Å². The number of rotatable bonds is 4. The van der Waals surface area contributed by atoms with Crippen LogP contribution < -0.4 is 4.74 Å². The Labute approximate surface area is 116 Å². The Balaban J connectivity index is 1.89. The Bertz CT molecular complexity index is 482. The quantitative estimate of drug-likeness (QED) is 0.680. The topological polar surface area (TPSA) is 29.5 Å². The van der Waals surface area contributed by atoms with Crippen LogP contribution in [0.1, 0.15) is 36.3 Å². The Kier molecular flexibility index (Phi) is 3.44. The van der Waals surface area contributed by atoms with E-state index in [2.05, 4.69) is 40.2 Å². The van der Waals surface area contributed by atoms with E-state index in [1.54, 1.807) is 0 Å². The van der Waals surface area contributed by atoms with Crippen molar-refractivity contribution in [2.75, 3.05) is 6.61 Å². The van der Waals surface area contributed by atoms with Gasteiger partial charge in [-0.1, -0.05) is 28.1 Å². The molecule has 2 nitrogen and oxygen atoms in total. The first-order valence-electron chi connectivity index (χ1n) is 6.56. The van der Waals surface area contributed by atoms with Gasteiger partial charge < -0.3 is 9.84 Å². The summed E-state index contributed by atoms with van der Waals surface area (Å²) in [6, 6.07) is 4.34. The summed E-state index contributed by atoms with van der Waals surface area (Å²) in [5.41, 5.74) is 2.60. The summed E-state index contributed by atoms with van der Waals surface area (Å²) in [6.45, 7) is 0.269. The number of aryl methyl sites for hydroxylation is 1. The maximum Gasteiger partial charge on any atom is 0.126 e. The summed E-state index contributed by atoms with van der Waals surface area (Å²) in [7, 11) is 0. The summed E-state index contributed by atoms with van der Waals surface area (Å²) in [6.07, 6.45) is 8.65. The molecule has 0 spiro atoms. The fourth-order valence-electron chi connectivity index (χ4n) is 2.88. The van der Waals surface area contributed by atoms with Gasteiger partial charge in [-0.25, -0.2) is 0 Å². The molecule has 0 fully saturated rings. The summed E-state index contributed by atoms with van der Waals surface area (Å²) in [5, 5.41) is 8.87. The molecule has 18 heavy (non-hydrogen) atoms. The summed E-state index contributed by atoms with van der Waals surface area (Å²) in [5.74, 6) is 1.53. The number of hydrogen-bond donors (Lipinski definition) is 1. The van der Waals surface area contributed by atoms with Crippen molar-refractivity contribution >= 4 is 15.9 Å². The molecule has 1 aliphatic carbocycles. The monoisotopic (exact) mass is 308 g/mol. The van der Waals surface area contributed by atoms with Crippen molar-refractivity contribution in [3.05, 3.63) is 39.9 Å². The van der Waals surface area contributed by atoms with Crippen LogP contribution in [0.4, 0.5) is 0 Å². The molecule has 0 aromatic heterocycles. The zero-order chi connectivity index (χ0) is 12.5. The molecule has 1 heterocycles. The first kappa shape index (κ1) is 12.2. The first-order chi connectivity index (χ1) is 8.79. The molecule has 0 amide bonds. The third-order valence-electron chi connectivity index (χ3n) is 3.75. The Morgan fingerprint density at radius 1 is 1.33 bits per heavy atom. The Hall–Kier alpha value is -0.800. The van der Waals surface area contributed by atoms with Crippen LogP contribution in [0.2, 0.25) is 0 Å². The molecule has 0 saturated carbocycles. The fraction of sp³-hybridized carbons (Fsp3) is 0.467. The van der Waals surface area contributed by atoms with Crippen LogP contribution in [-0.2, 0) is 6.42 Å². The maximum atomic E-state index is 8.87. The average Bonchev–Trinajstić information content (AvgIpc) is 2.91. The summed E-state index contributed by atoms with van der Waals surface area (Å²) in [4.78, 5) is 0. The molecule has 0 saturated heterocycles. The molecule has 3 rings (SSSR count). The number of fused-ring (bicyclic) bond motifs is 3. The molecule has 1 aliphatic heterocycles. The van der Waals surface area contributed by atoms with E-state index in [1.165, 1.54) is 11.1 Å². The van der Waals surface area contributed by atoms with Crippen molar-refractivity contribution in [1.29, 1.82) is 0 Å². The molecule has 2 unspecified atom stereocenters. The zero-order valence-corrected chi connectivity index (χ0v) is 11.8. The second kappa shape index (κ2) is 5.06. The van der Waals surface area contributed by atoms with Crippen molar-refractivity contribution in [2.45, 2.75) is 37.7 Å². The highest BCUT2D eigenvalue weighted by atomic mass is 79.9. The van der Waals surface area contributed by atoms with E-state index in [0.29, 0.717) is 12.0 Å². The average molecular weight is 309 g/mol. The predicted molar refractivity (Wildman–Crippen MR) is 75.1 cm³/mol. The largest absolute Gasteiger partial charge is 0.489 e. The van der Waals surface area contributed by atoms with Crippen molar-refractivity contribution in [3.63, 3.8) is 0 Å². The number of aliphatic hydroxyl groups is 1. The van der Waals surface area contributed by atoms with Gasteiger partial charge in [0.05, 0.1) is 0 Å². The lowest BCUT2D eigenvalue weighted by Gasteiger charge is -2.10. The van der Waals surface area contributed by atoms with Crippen molar-refractivity contribution < 1.29 is 9.84 Å². The zero-order valence-electron chi connectivity index (χ0n) is 10.2. The van der Waals surface area contributed by atoms with Crippen LogP contribution >= 0.6 is 15.9 Å². The minimum absolute atomic E-state index is 0.269. The third-order valence-corrected chi connectivity index (χ3v) is 4.21. The van der Waals surface area contributed by atoms with Gasteiger partial charge in [-0.15, -0.1) is 0 Å². The van der Waals surface area contributed by atoms with Crippen LogP contribution in [0.5, 0.6) is 5.75 Å². The number of aliphatic hydroxyl groups excluding tert-OH is 1. The van der Waals surface area contributed by atoms with E-state index in [1.807, 2.05) is 0 Å². The van der Waals surface area contributed by atoms with Crippen LogP contribution in [0.3, 0.4) is 0 Å². The normalized spacial score (nSPS) is 23.9. The van der Waals surface area contributed by atoms with Gasteiger partial charge in [-0.2, -0.15) is 0 Å².